The van der Waals surface area contributed by atoms with E-state index in [1.807, 2.05) is 88.5 Å². The van der Waals surface area contributed by atoms with Gasteiger partial charge in [-0.1, -0.05) is 29.8 Å². The van der Waals surface area contributed by atoms with E-state index in [9.17, 15) is 4.39 Å². The number of rotatable bonds is 6. The zero-order chi connectivity index (χ0) is 20.6. The number of benzene rings is 2. The van der Waals surface area contributed by atoms with Crippen LogP contribution in [0.5, 0.6) is 5.75 Å². The highest BCUT2D eigenvalue weighted by atomic mass is 127. The molecule has 0 unspecified atom stereocenters. The van der Waals surface area contributed by atoms with E-state index in [1.165, 1.54) is 11.3 Å². The average molecular weight is 633 g/mol. The number of carbonyl (C=O) groups excluding carboxylic acids is 1. The Kier molecular flexibility index (Phi) is 5.99. The normalized spacial score (nSPS) is 11.7. The van der Waals surface area contributed by atoms with Gasteiger partial charge in [0.15, 0.2) is 0 Å². The van der Waals surface area contributed by atoms with Crippen molar-refractivity contribution in [2.24, 2.45) is 0 Å². The van der Waals surface area contributed by atoms with Gasteiger partial charge < -0.3 is 9.15 Å². The Labute approximate surface area is 198 Å². The number of aryl methyl sites for hydroxylation is 1. The first-order valence-corrected chi connectivity index (χ1v) is 11.7. The van der Waals surface area contributed by atoms with Gasteiger partial charge in [0.25, 0.3) is 0 Å². The number of hydrogen-bond donors (Lipinski definition) is 0. The first-order valence-electron chi connectivity index (χ1n) is 8.74. The number of hydrogen-bond acceptors (Lipinski definition) is 3. The van der Waals surface area contributed by atoms with E-state index in [0.717, 1.165) is 33.2 Å². The number of fused-ring (bicyclic) bond motifs is 1. The molecule has 1 N–H and O–H groups in total. The number of alkyl halides is 3. The molecule has 7 heteroatoms. The smallest absolute Gasteiger partial charge is 0.347 e. The van der Waals surface area contributed by atoms with Crippen molar-refractivity contribution in [3.63, 3.8) is 0 Å². The molecule has 0 radical (unpaired) electrons. The summed E-state index contributed by atoms with van der Waals surface area (Å²) in [5.74, 6) is 1.05. The highest BCUT2D eigenvalue weighted by molar-refractivity contribution is 14.2. The SMILES string of the molecule is Cc1cccc(-c2cc(COc3ccc4cc(C=[OH+])oc4c3)sc2C(F)(I)I)c1. The Morgan fingerprint density at radius 3 is 2.72 bits per heavy atom. The van der Waals surface area contributed by atoms with Crippen molar-refractivity contribution in [1.82, 2.24) is 0 Å². The number of halogens is 3. The molecule has 0 amide bonds. The van der Waals surface area contributed by atoms with Crippen LogP contribution in [0.2, 0.25) is 0 Å². The van der Waals surface area contributed by atoms with E-state index < -0.39 is 1.68 Å². The monoisotopic (exact) mass is 633 g/mol. The lowest BCUT2D eigenvalue weighted by Crippen LogP contribution is -1.98. The molecule has 0 fully saturated rings. The van der Waals surface area contributed by atoms with E-state index in [-0.39, 0.29) is 0 Å². The molecule has 4 aromatic rings. The second-order valence-electron chi connectivity index (χ2n) is 6.59. The van der Waals surface area contributed by atoms with Gasteiger partial charge >= 0.3 is 6.29 Å². The fourth-order valence-corrected chi connectivity index (χ4v) is 5.29. The van der Waals surface area contributed by atoms with Gasteiger partial charge in [0.1, 0.15) is 17.9 Å². The largest absolute Gasteiger partial charge is 0.488 e. The zero-order valence-corrected chi connectivity index (χ0v) is 20.4. The van der Waals surface area contributed by atoms with E-state index in [0.29, 0.717) is 28.6 Å². The highest BCUT2D eigenvalue weighted by Crippen LogP contribution is 2.49. The third kappa shape index (κ3) is 4.66. The minimum Gasteiger partial charge on any atom is -0.488 e. The van der Waals surface area contributed by atoms with Crippen LogP contribution in [0.25, 0.3) is 22.1 Å². The third-order valence-electron chi connectivity index (χ3n) is 4.39. The Bertz CT molecular complexity index is 1190. The molecule has 2 heterocycles. The van der Waals surface area contributed by atoms with Crippen LogP contribution in [0.15, 0.2) is 59.0 Å². The fraction of sp³-hybridized carbons (Fsp3) is 0.136. The molecule has 0 atom stereocenters. The van der Waals surface area contributed by atoms with Crippen LogP contribution in [0.4, 0.5) is 4.39 Å². The summed E-state index contributed by atoms with van der Waals surface area (Å²) in [5, 5.41) is 0.884. The average Bonchev–Trinajstić information content (AvgIpc) is 3.29. The molecule has 3 nitrogen and oxygen atoms in total. The van der Waals surface area contributed by atoms with E-state index in [4.69, 9.17) is 13.9 Å². The van der Waals surface area contributed by atoms with Crippen LogP contribution in [0.1, 0.15) is 21.1 Å². The van der Waals surface area contributed by atoms with Crippen LogP contribution < -0.4 is 4.74 Å². The van der Waals surface area contributed by atoms with E-state index >= 15 is 0 Å². The van der Waals surface area contributed by atoms with Crippen molar-refractivity contribution in [2.75, 3.05) is 0 Å². The molecule has 29 heavy (non-hydrogen) atoms. The molecular weight excluding hydrogens is 617 g/mol. The van der Waals surface area contributed by atoms with Crippen LogP contribution in [0.3, 0.4) is 0 Å². The van der Waals surface area contributed by atoms with Gasteiger partial charge in [-0.15, -0.1) is 11.3 Å². The maximum atomic E-state index is 14.9. The van der Waals surface area contributed by atoms with Gasteiger partial charge in [0.05, 0.1) is 4.88 Å². The maximum Gasteiger partial charge on any atom is 0.347 e. The van der Waals surface area contributed by atoms with E-state index in [1.54, 1.807) is 12.1 Å². The Balaban J connectivity index is 1.61. The summed E-state index contributed by atoms with van der Waals surface area (Å²) in [6.45, 7) is 2.36. The second-order valence-corrected chi connectivity index (χ2v) is 12.8. The van der Waals surface area contributed by atoms with Crippen molar-refractivity contribution in [1.29, 1.82) is 0 Å². The predicted octanol–water partition coefficient (Wildman–Crippen LogP) is 7.52. The molecule has 2 aromatic carbocycles. The van der Waals surface area contributed by atoms with Crippen LogP contribution in [-0.4, -0.2) is 11.1 Å². The minimum atomic E-state index is -1.50. The topological polar surface area (TPSA) is 43.8 Å². The number of thiophene rings is 1. The minimum absolute atomic E-state index is 0.331. The molecule has 0 bridgehead atoms. The predicted molar refractivity (Wildman–Crippen MR) is 133 cm³/mol. The van der Waals surface area contributed by atoms with Crippen molar-refractivity contribution in [3.8, 4) is 16.9 Å². The number of ether oxygens (including phenoxy) is 1. The molecule has 2 aromatic heterocycles. The summed E-state index contributed by atoms with van der Waals surface area (Å²) >= 11 is 5.07. The lowest BCUT2D eigenvalue weighted by Gasteiger charge is -2.11. The van der Waals surface area contributed by atoms with Gasteiger partial charge in [0.2, 0.25) is 7.44 Å². The Morgan fingerprint density at radius 1 is 1.17 bits per heavy atom. The van der Waals surface area contributed by atoms with Gasteiger partial charge in [-0.25, -0.2) is 4.39 Å². The van der Waals surface area contributed by atoms with Crippen LogP contribution in [-0.2, 0) is 8.29 Å². The molecular formula is C22H16FI2O3S+. The Hall–Kier alpha value is -1.46. The van der Waals surface area contributed by atoms with E-state index in [2.05, 4.69) is 6.07 Å². The highest BCUT2D eigenvalue weighted by Gasteiger charge is 2.30. The second kappa shape index (κ2) is 8.35. The van der Waals surface area contributed by atoms with Gasteiger partial charge in [0, 0.05) is 28.0 Å². The molecule has 0 saturated heterocycles. The summed E-state index contributed by atoms with van der Waals surface area (Å²) in [4.78, 5) is 10.7. The number of aldehydes is 1. The molecule has 0 spiro atoms. The third-order valence-corrected chi connectivity index (χ3v) is 7.40. The lowest BCUT2D eigenvalue weighted by molar-refractivity contribution is 0.310. The van der Waals surface area contributed by atoms with Gasteiger partial charge in [-0.3, -0.25) is 4.79 Å². The summed E-state index contributed by atoms with van der Waals surface area (Å²) in [6.07, 6.45) is 0.928. The molecule has 148 valence electrons. The lowest BCUT2D eigenvalue weighted by atomic mass is 10.0. The molecule has 0 aliphatic rings. The van der Waals surface area contributed by atoms with Gasteiger partial charge in [-0.05, 0) is 75.9 Å². The first kappa shape index (κ1) is 20.8. The van der Waals surface area contributed by atoms with Gasteiger partial charge in [-0.2, -0.15) is 0 Å². The first-order chi connectivity index (χ1) is 13.8. The van der Waals surface area contributed by atoms with Crippen molar-refractivity contribution >= 4 is 73.8 Å². The van der Waals surface area contributed by atoms with Crippen molar-refractivity contribution < 1.29 is 18.3 Å². The van der Waals surface area contributed by atoms with Crippen molar-refractivity contribution in [3.05, 3.63) is 75.7 Å². The standard InChI is InChI=1S/C22H15FI2O3S/c1-13-3-2-4-14(7-13)19-10-18(29-21(19)22(23,24)25)12-27-16-6-5-15-8-17(11-26)28-20(15)9-16/h2-11H,12H2,1H3/p+1. The maximum absolute atomic E-state index is 14.9. The summed E-state index contributed by atoms with van der Waals surface area (Å²) in [7, 11) is 0. The Morgan fingerprint density at radius 2 is 2.00 bits per heavy atom. The summed E-state index contributed by atoms with van der Waals surface area (Å²) in [5.41, 5.74) is 3.67. The molecule has 0 saturated carbocycles. The molecule has 4 rings (SSSR count). The molecule has 0 aliphatic heterocycles. The summed E-state index contributed by atoms with van der Waals surface area (Å²) in [6, 6.07) is 17.4. The van der Waals surface area contributed by atoms with Crippen molar-refractivity contribution in [2.45, 2.75) is 15.2 Å². The van der Waals surface area contributed by atoms with Crippen LogP contribution in [0, 0.1) is 6.92 Å². The van der Waals surface area contributed by atoms with Crippen LogP contribution >= 0.6 is 56.5 Å². The quantitative estimate of drug-likeness (QED) is 0.0955. The zero-order valence-electron chi connectivity index (χ0n) is 15.3. The number of furan rings is 1. The summed E-state index contributed by atoms with van der Waals surface area (Å²) < 4.78 is 24.8. The molecule has 0 aliphatic carbocycles. The fourth-order valence-electron chi connectivity index (χ4n) is 3.09.